The van der Waals surface area contributed by atoms with Crippen LogP contribution >= 0.6 is 0 Å². The largest absolute Gasteiger partial charge is 0.359 e. The van der Waals surface area contributed by atoms with E-state index in [0.717, 1.165) is 13.0 Å². The van der Waals surface area contributed by atoms with Gasteiger partial charge in [-0.2, -0.15) is 0 Å². The molecule has 0 amide bonds. The minimum absolute atomic E-state index is 0.0879. The van der Waals surface area contributed by atoms with Crippen LogP contribution < -0.4 is 5.32 Å². The summed E-state index contributed by atoms with van der Waals surface area (Å²) in [6.07, 6.45) is 1.19. The molecule has 0 radical (unpaired) electrons. The number of hydrogen-bond donors (Lipinski definition) is 1. The van der Waals surface area contributed by atoms with E-state index in [4.69, 9.17) is 4.74 Å². The first-order chi connectivity index (χ1) is 6.36. The summed E-state index contributed by atoms with van der Waals surface area (Å²) in [7, 11) is 0. The number of benzene rings is 1. The van der Waals surface area contributed by atoms with E-state index in [1.165, 1.54) is 5.56 Å². The predicted octanol–water partition coefficient (Wildman–Crippen LogP) is 2.08. The van der Waals surface area contributed by atoms with Gasteiger partial charge in [-0.15, -0.1) is 0 Å². The van der Waals surface area contributed by atoms with E-state index >= 15 is 0 Å². The first-order valence-electron chi connectivity index (χ1n) is 4.79. The number of hydrogen-bond acceptors (Lipinski definition) is 2. The van der Waals surface area contributed by atoms with Crippen molar-refractivity contribution >= 4 is 0 Å². The first kappa shape index (κ1) is 8.73. The average molecular weight is 177 g/mol. The van der Waals surface area contributed by atoms with E-state index in [0.29, 0.717) is 6.04 Å². The summed E-state index contributed by atoms with van der Waals surface area (Å²) in [6.45, 7) is 3.05. The molecule has 1 saturated heterocycles. The SMILES string of the molecule is C[C@H]1CCO[C@@H](c2ccccc2)N1. The predicted molar refractivity (Wildman–Crippen MR) is 52.3 cm³/mol. The maximum absolute atomic E-state index is 5.62. The summed E-state index contributed by atoms with van der Waals surface area (Å²) in [6, 6.07) is 10.8. The Morgan fingerprint density at radius 3 is 2.77 bits per heavy atom. The van der Waals surface area contributed by atoms with E-state index in [9.17, 15) is 0 Å². The summed E-state index contributed by atoms with van der Waals surface area (Å²) in [5.74, 6) is 0. The maximum Gasteiger partial charge on any atom is 0.134 e. The zero-order chi connectivity index (χ0) is 9.10. The quantitative estimate of drug-likeness (QED) is 0.709. The van der Waals surface area contributed by atoms with Gasteiger partial charge in [0, 0.05) is 6.04 Å². The highest BCUT2D eigenvalue weighted by Gasteiger charge is 2.18. The molecular formula is C11H15NO. The summed E-state index contributed by atoms with van der Waals surface area (Å²) < 4.78 is 5.62. The lowest BCUT2D eigenvalue weighted by molar-refractivity contribution is -0.0167. The van der Waals surface area contributed by atoms with Crippen molar-refractivity contribution in [3.05, 3.63) is 35.9 Å². The van der Waals surface area contributed by atoms with Crippen molar-refractivity contribution in [3.8, 4) is 0 Å². The molecule has 1 aliphatic heterocycles. The molecule has 2 nitrogen and oxygen atoms in total. The molecule has 70 valence electrons. The van der Waals surface area contributed by atoms with E-state index < -0.39 is 0 Å². The van der Waals surface area contributed by atoms with Crippen molar-refractivity contribution in [2.24, 2.45) is 0 Å². The van der Waals surface area contributed by atoms with Crippen molar-refractivity contribution in [1.29, 1.82) is 0 Å². The fourth-order valence-electron chi connectivity index (χ4n) is 1.57. The molecule has 0 spiro atoms. The second kappa shape index (κ2) is 3.90. The molecule has 1 aromatic rings. The normalized spacial score (nSPS) is 28.7. The highest BCUT2D eigenvalue weighted by molar-refractivity contribution is 5.17. The monoisotopic (exact) mass is 177 g/mol. The lowest BCUT2D eigenvalue weighted by Crippen LogP contribution is -2.38. The third-order valence-corrected chi connectivity index (χ3v) is 2.37. The second-order valence-electron chi connectivity index (χ2n) is 3.52. The van der Waals surface area contributed by atoms with Gasteiger partial charge < -0.3 is 4.74 Å². The lowest BCUT2D eigenvalue weighted by Gasteiger charge is -2.29. The van der Waals surface area contributed by atoms with Crippen LogP contribution in [-0.2, 0) is 4.74 Å². The molecule has 2 heteroatoms. The molecule has 0 aromatic heterocycles. The third kappa shape index (κ3) is 2.08. The van der Waals surface area contributed by atoms with Crippen LogP contribution in [0.4, 0.5) is 0 Å². The maximum atomic E-state index is 5.62. The summed E-state index contributed by atoms with van der Waals surface area (Å²) in [5.41, 5.74) is 1.22. The molecule has 1 aliphatic rings. The Hall–Kier alpha value is -0.860. The molecule has 0 aliphatic carbocycles. The number of nitrogens with one attached hydrogen (secondary N) is 1. The molecule has 13 heavy (non-hydrogen) atoms. The molecule has 0 saturated carbocycles. The van der Waals surface area contributed by atoms with Gasteiger partial charge in [-0.1, -0.05) is 30.3 Å². The van der Waals surface area contributed by atoms with Gasteiger partial charge in [0.15, 0.2) is 0 Å². The van der Waals surface area contributed by atoms with Crippen LogP contribution in [0.25, 0.3) is 0 Å². The molecule has 1 fully saturated rings. The van der Waals surface area contributed by atoms with E-state index in [-0.39, 0.29) is 6.23 Å². The van der Waals surface area contributed by atoms with Gasteiger partial charge in [0.2, 0.25) is 0 Å². The molecule has 0 unspecified atom stereocenters. The fraction of sp³-hybridized carbons (Fsp3) is 0.455. The van der Waals surface area contributed by atoms with Crippen LogP contribution in [0.2, 0.25) is 0 Å². The van der Waals surface area contributed by atoms with Crippen LogP contribution in [0.15, 0.2) is 30.3 Å². The molecule has 1 heterocycles. The molecule has 2 atom stereocenters. The van der Waals surface area contributed by atoms with E-state index in [1.54, 1.807) is 0 Å². The smallest absolute Gasteiger partial charge is 0.134 e. The van der Waals surface area contributed by atoms with Gasteiger partial charge in [0.25, 0.3) is 0 Å². The zero-order valence-corrected chi connectivity index (χ0v) is 7.86. The molecule has 1 N–H and O–H groups in total. The Kier molecular flexibility index (Phi) is 2.62. The van der Waals surface area contributed by atoms with Gasteiger partial charge >= 0.3 is 0 Å². The molecule has 2 rings (SSSR count). The molecule has 0 bridgehead atoms. The highest BCUT2D eigenvalue weighted by Crippen LogP contribution is 2.19. The lowest BCUT2D eigenvalue weighted by atomic mass is 10.1. The fourth-order valence-corrected chi connectivity index (χ4v) is 1.57. The minimum atomic E-state index is 0.0879. The van der Waals surface area contributed by atoms with Gasteiger partial charge in [-0.05, 0) is 18.9 Å². The standard InChI is InChI=1S/C11H15NO/c1-9-7-8-13-11(12-9)10-5-3-2-4-6-10/h2-6,9,11-12H,7-8H2,1H3/t9-,11-/m0/s1. The van der Waals surface area contributed by atoms with Gasteiger partial charge in [-0.25, -0.2) is 0 Å². The van der Waals surface area contributed by atoms with Crippen LogP contribution in [0.3, 0.4) is 0 Å². The van der Waals surface area contributed by atoms with Crippen LogP contribution in [0.5, 0.6) is 0 Å². The molecular weight excluding hydrogens is 162 g/mol. The summed E-state index contributed by atoms with van der Waals surface area (Å²) >= 11 is 0. The Balaban J connectivity index is 2.08. The van der Waals surface area contributed by atoms with Crippen molar-refractivity contribution < 1.29 is 4.74 Å². The topological polar surface area (TPSA) is 21.3 Å². The Labute approximate surface area is 78.9 Å². The van der Waals surface area contributed by atoms with Gasteiger partial charge in [0.05, 0.1) is 6.61 Å². The number of ether oxygens (including phenoxy) is 1. The van der Waals surface area contributed by atoms with Crippen molar-refractivity contribution in [3.63, 3.8) is 0 Å². The van der Waals surface area contributed by atoms with E-state index in [2.05, 4.69) is 24.4 Å². The first-order valence-corrected chi connectivity index (χ1v) is 4.79. The van der Waals surface area contributed by atoms with Crippen molar-refractivity contribution in [2.75, 3.05) is 6.61 Å². The Morgan fingerprint density at radius 1 is 1.31 bits per heavy atom. The summed E-state index contributed by atoms with van der Waals surface area (Å²) in [4.78, 5) is 0. The third-order valence-electron chi connectivity index (χ3n) is 2.37. The summed E-state index contributed by atoms with van der Waals surface area (Å²) in [5, 5.41) is 3.41. The van der Waals surface area contributed by atoms with Gasteiger partial charge in [-0.3, -0.25) is 5.32 Å². The van der Waals surface area contributed by atoms with E-state index in [1.807, 2.05) is 18.2 Å². The average Bonchev–Trinajstić information content (AvgIpc) is 2.19. The number of rotatable bonds is 1. The zero-order valence-electron chi connectivity index (χ0n) is 7.86. The van der Waals surface area contributed by atoms with Crippen molar-refractivity contribution in [2.45, 2.75) is 25.6 Å². The minimum Gasteiger partial charge on any atom is -0.359 e. The molecule has 1 aromatic carbocycles. The van der Waals surface area contributed by atoms with Crippen LogP contribution in [0.1, 0.15) is 25.1 Å². The Morgan fingerprint density at radius 2 is 2.08 bits per heavy atom. The second-order valence-corrected chi connectivity index (χ2v) is 3.52. The van der Waals surface area contributed by atoms with Crippen LogP contribution in [0, 0.1) is 0 Å². The van der Waals surface area contributed by atoms with Crippen molar-refractivity contribution in [1.82, 2.24) is 5.32 Å². The van der Waals surface area contributed by atoms with Crippen LogP contribution in [-0.4, -0.2) is 12.6 Å². The van der Waals surface area contributed by atoms with Gasteiger partial charge in [0.1, 0.15) is 6.23 Å². The Bertz CT molecular complexity index is 260. The highest BCUT2D eigenvalue weighted by atomic mass is 16.5.